The molecule has 1 heterocycles. The van der Waals surface area contributed by atoms with E-state index in [-0.39, 0.29) is 27.4 Å². The first kappa shape index (κ1) is 27.2. The molecular weight excluding hydrogens is 483 g/mol. The van der Waals surface area contributed by atoms with Crippen molar-refractivity contribution in [3.8, 4) is 0 Å². The summed E-state index contributed by atoms with van der Waals surface area (Å²) >= 11 is 0. The minimum absolute atomic E-state index is 0. The van der Waals surface area contributed by atoms with E-state index in [1.807, 2.05) is 122 Å². The van der Waals surface area contributed by atoms with Crippen LogP contribution in [0.1, 0.15) is 0 Å². The summed E-state index contributed by atoms with van der Waals surface area (Å²) in [5.74, 6) is 0. The Morgan fingerprint density at radius 2 is 0.514 bits per heavy atom. The largest absolute Gasteiger partial charge is 2.00 e. The van der Waals surface area contributed by atoms with Gasteiger partial charge in [-0.1, -0.05) is 72.8 Å². The van der Waals surface area contributed by atoms with Crippen molar-refractivity contribution in [1.29, 1.82) is 0 Å². The average Bonchev–Trinajstić information content (AvgIpc) is 2.85. The van der Waals surface area contributed by atoms with Crippen molar-refractivity contribution >= 4 is 24.8 Å². The summed E-state index contributed by atoms with van der Waals surface area (Å²) in [6.45, 7) is 0. The van der Waals surface area contributed by atoms with E-state index in [9.17, 15) is 0 Å². The van der Waals surface area contributed by atoms with E-state index < -0.39 is 0 Å². The van der Waals surface area contributed by atoms with Gasteiger partial charge in [-0.25, -0.2) is 0 Å². The first-order chi connectivity index (χ1) is 15.9. The molecule has 0 saturated carbocycles. The van der Waals surface area contributed by atoms with Crippen molar-refractivity contribution < 1.29 is 27.4 Å². The van der Waals surface area contributed by atoms with Crippen molar-refractivity contribution in [2.24, 2.45) is 20.0 Å². The van der Waals surface area contributed by atoms with Gasteiger partial charge in [0, 0.05) is 45.7 Å². The second kappa shape index (κ2) is 13.0. The van der Waals surface area contributed by atoms with Crippen LogP contribution in [0.5, 0.6) is 0 Å². The summed E-state index contributed by atoms with van der Waals surface area (Å²) in [5.41, 5.74) is 0. The molecule has 6 N–H and O–H groups in total. The van der Waals surface area contributed by atoms with Crippen molar-refractivity contribution in [1.82, 2.24) is 0 Å². The first-order valence-electron chi connectivity index (χ1n) is 10.4. The molecular formula is C28H26N4NiO2+4. The van der Waals surface area contributed by atoms with Gasteiger partial charge in [0.25, 0.3) is 0 Å². The van der Waals surface area contributed by atoms with Crippen LogP contribution in [0.4, 0.5) is 0 Å². The minimum atomic E-state index is 0. The molecule has 0 radical (unpaired) electrons. The number of nitrogens with zero attached hydrogens (tertiary/aromatic N) is 4. The quantitative estimate of drug-likeness (QED) is 0.201. The summed E-state index contributed by atoms with van der Waals surface area (Å²) in [6, 6.07) is 31.8. The maximum absolute atomic E-state index is 4.74. The van der Waals surface area contributed by atoms with Crippen LogP contribution in [0.2, 0.25) is 0 Å². The molecule has 6 nitrogen and oxygen atoms in total. The number of hydrogen-bond donors (Lipinski definition) is 0. The van der Waals surface area contributed by atoms with E-state index >= 15 is 0 Å². The van der Waals surface area contributed by atoms with Crippen LogP contribution < -0.4 is 42.3 Å². The first-order valence-corrected chi connectivity index (χ1v) is 10.4. The van der Waals surface area contributed by atoms with E-state index in [0.717, 1.165) is 42.3 Å². The SMILES string of the molecule is C1=c2ccccc2=NC=c2ccccc2=NC=c2ccccc2=NC=c2ccccc2=N1.[Ni+2].[OH3+].[OH3+]. The Labute approximate surface area is 211 Å². The van der Waals surface area contributed by atoms with Gasteiger partial charge in [-0.3, -0.25) is 20.0 Å². The van der Waals surface area contributed by atoms with Gasteiger partial charge in [0.05, 0.1) is 21.4 Å². The molecule has 0 aromatic heterocycles. The van der Waals surface area contributed by atoms with Crippen LogP contribution in [0.3, 0.4) is 0 Å². The van der Waals surface area contributed by atoms with Gasteiger partial charge in [-0.2, -0.15) is 0 Å². The average molecular weight is 509 g/mol. The fourth-order valence-corrected chi connectivity index (χ4v) is 3.41. The van der Waals surface area contributed by atoms with Gasteiger partial charge in [0.15, 0.2) is 0 Å². The topological polar surface area (TPSA) is 115 Å². The second-order valence-corrected chi connectivity index (χ2v) is 7.27. The molecule has 35 heavy (non-hydrogen) atoms. The van der Waals surface area contributed by atoms with Gasteiger partial charge in [-0.15, -0.1) is 0 Å². The van der Waals surface area contributed by atoms with Gasteiger partial charge < -0.3 is 11.0 Å². The third-order valence-corrected chi connectivity index (χ3v) is 5.12. The van der Waals surface area contributed by atoms with Crippen LogP contribution in [-0.4, -0.2) is 0 Å². The van der Waals surface area contributed by atoms with Crippen molar-refractivity contribution in [2.45, 2.75) is 0 Å². The molecule has 5 rings (SSSR count). The molecule has 7 heteroatoms. The minimum Gasteiger partial charge on any atom is -0.457 e. The Bertz CT molecular complexity index is 1400. The molecule has 4 aromatic carbocycles. The Kier molecular flexibility index (Phi) is 10.1. The zero-order chi connectivity index (χ0) is 21.6. The fraction of sp³-hybridized carbons (Fsp3) is 0. The fourth-order valence-electron chi connectivity index (χ4n) is 3.41. The normalized spacial score (nSPS) is 11.4. The van der Waals surface area contributed by atoms with Crippen LogP contribution in [-0.2, 0) is 27.4 Å². The van der Waals surface area contributed by atoms with E-state index in [1.165, 1.54) is 0 Å². The van der Waals surface area contributed by atoms with E-state index in [0.29, 0.717) is 0 Å². The molecule has 0 amide bonds. The van der Waals surface area contributed by atoms with E-state index in [1.54, 1.807) is 0 Å². The summed E-state index contributed by atoms with van der Waals surface area (Å²) in [4.78, 5) is 19.0. The van der Waals surface area contributed by atoms with E-state index in [4.69, 9.17) is 20.0 Å². The summed E-state index contributed by atoms with van der Waals surface area (Å²) in [7, 11) is 0. The predicted octanol–water partition coefficient (Wildman–Crippen LogP) is -1.62. The number of rotatable bonds is 0. The molecule has 0 fully saturated rings. The Morgan fingerprint density at radius 3 is 0.743 bits per heavy atom. The van der Waals surface area contributed by atoms with Crippen LogP contribution in [0.15, 0.2) is 117 Å². The maximum Gasteiger partial charge on any atom is 2.00 e. The van der Waals surface area contributed by atoms with Gasteiger partial charge in [-0.05, 0) is 24.3 Å². The monoisotopic (exact) mass is 508 g/mol. The van der Waals surface area contributed by atoms with E-state index in [2.05, 4.69) is 0 Å². The van der Waals surface area contributed by atoms with Gasteiger partial charge in [0.1, 0.15) is 0 Å². The maximum atomic E-state index is 4.74. The molecule has 0 aliphatic carbocycles. The van der Waals surface area contributed by atoms with Gasteiger partial charge in [0.2, 0.25) is 0 Å². The molecule has 0 spiro atoms. The predicted molar refractivity (Wildman–Crippen MR) is 136 cm³/mol. The standard InChI is InChI=1S/C28H20N4.Ni.2H2O/c1-5-13-25-21(9-1)17-29-26-14-6-2-11-23(26)19-31-28-16-8-4-12-24(28)20-32-27-15-7-3-10-22(27)18-30-25;;;/h1-20H;;2*1H2/q;+2;;/p+2. The number of benzene rings is 4. The van der Waals surface area contributed by atoms with Crippen LogP contribution in [0.25, 0.3) is 24.8 Å². The molecule has 1 aliphatic heterocycles. The molecule has 0 saturated heterocycles. The molecule has 1 aliphatic rings. The molecule has 0 atom stereocenters. The number of fused-ring (bicyclic) bond motifs is 4. The second-order valence-electron chi connectivity index (χ2n) is 7.27. The van der Waals surface area contributed by atoms with Crippen molar-refractivity contribution in [2.75, 3.05) is 0 Å². The Morgan fingerprint density at radius 1 is 0.314 bits per heavy atom. The molecule has 4 aromatic rings. The number of para-hydroxylation sites is 4. The molecule has 0 bridgehead atoms. The zero-order valence-electron chi connectivity index (χ0n) is 18.8. The number of hydrogen-bond acceptors (Lipinski definition) is 4. The van der Waals surface area contributed by atoms with Crippen LogP contribution >= 0.6 is 0 Å². The Balaban J connectivity index is 0.00000144. The van der Waals surface area contributed by atoms with Crippen LogP contribution in [0, 0.1) is 0 Å². The summed E-state index contributed by atoms with van der Waals surface area (Å²) < 4.78 is 0. The molecule has 176 valence electrons. The molecule has 0 unspecified atom stereocenters. The third-order valence-electron chi connectivity index (χ3n) is 5.12. The summed E-state index contributed by atoms with van der Waals surface area (Å²) in [6.07, 6.45) is 7.40. The Hall–Kier alpha value is -4.03. The van der Waals surface area contributed by atoms with Crippen molar-refractivity contribution in [3.05, 3.63) is 139 Å². The summed E-state index contributed by atoms with van der Waals surface area (Å²) in [5, 5.41) is 7.14. The van der Waals surface area contributed by atoms with Gasteiger partial charge >= 0.3 is 16.5 Å². The zero-order valence-corrected chi connectivity index (χ0v) is 19.8. The smallest absolute Gasteiger partial charge is 0.457 e. The third kappa shape index (κ3) is 6.52. The van der Waals surface area contributed by atoms with Crippen molar-refractivity contribution in [3.63, 3.8) is 0 Å².